The number of hydrogen-bond acceptors (Lipinski definition) is 6. The fourth-order valence-corrected chi connectivity index (χ4v) is 3.60. The van der Waals surface area contributed by atoms with Gasteiger partial charge in [0.25, 0.3) is 5.89 Å². The zero-order chi connectivity index (χ0) is 25.7. The Morgan fingerprint density at radius 3 is 2.31 bits per heavy atom. The van der Waals surface area contributed by atoms with Crippen molar-refractivity contribution in [2.24, 2.45) is 0 Å². The van der Waals surface area contributed by atoms with Crippen LogP contribution in [-0.2, 0) is 6.18 Å². The number of H-pyrrole nitrogens is 1. The van der Waals surface area contributed by atoms with Crippen LogP contribution >= 0.6 is 0 Å². The molecule has 4 rings (SSSR count). The van der Waals surface area contributed by atoms with E-state index in [1.54, 1.807) is 0 Å². The molecule has 0 aliphatic heterocycles. The van der Waals surface area contributed by atoms with Crippen molar-refractivity contribution < 1.29 is 31.1 Å². The van der Waals surface area contributed by atoms with Crippen molar-refractivity contribution >= 4 is 0 Å². The fraction of sp³-hybridized carbons (Fsp3) is 0.217. The number of halogens is 5. The van der Waals surface area contributed by atoms with E-state index in [2.05, 4.69) is 20.2 Å². The molecule has 3 aromatic heterocycles. The summed E-state index contributed by atoms with van der Waals surface area (Å²) in [5.74, 6) is -2.62. The van der Waals surface area contributed by atoms with Crippen LogP contribution in [0.25, 0.3) is 22.7 Å². The van der Waals surface area contributed by atoms with Gasteiger partial charge in [-0.05, 0) is 38.5 Å². The van der Waals surface area contributed by atoms with Gasteiger partial charge in [0.15, 0.2) is 17.1 Å². The Kier molecular flexibility index (Phi) is 5.91. The average Bonchev–Trinajstić information content (AvgIpc) is 3.18. The second kappa shape index (κ2) is 8.60. The SMILES string of the molecule is Cc1nnc(-c2c(C)[nH]c(-c3c(Oc4ccc(F)c(F)c4C)ncc(C(F)(F)F)c3C)cc2=O)o1. The summed E-state index contributed by atoms with van der Waals surface area (Å²) in [4.78, 5) is 19.6. The maximum absolute atomic E-state index is 14.0. The van der Waals surface area contributed by atoms with E-state index < -0.39 is 28.8 Å². The Labute approximate surface area is 194 Å². The van der Waals surface area contributed by atoms with E-state index in [0.29, 0.717) is 6.20 Å². The van der Waals surface area contributed by atoms with Crippen molar-refractivity contribution in [1.29, 1.82) is 0 Å². The van der Waals surface area contributed by atoms with Crippen molar-refractivity contribution in [3.63, 3.8) is 0 Å². The number of rotatable bonds is 4. The Hall–Kier alpha value is -4.09. The van der Waals surface area contributed by atoms with Gasteiger partial charge >= 0.3 is 6.18 Å². The molecule has 0 radical (unpaired) electrons. The van der Waals surface area contributed by atoms with Gasteiger partial charge in [0.2, 0.25) is 11.8 Å². The van der Waals surface area contributed by atoms with E-state index >= 15 is 0 Å². The fourth-order valence-electron chi connectivity index (χ4n) is 3.60. The first kappa shape index (κ1) is 24.0. The number of hydrogen-bond donors (Lipinski definition) is 1. The number of benzene rings is 1. The number of aromatic nitrogens is 4. The summed E-state index contributed by atoms with van der Waals surface area (Å²) in [7, 11) is 0. The monoisotopic (exact) mass is 492 g/mol. The lowest BCUT2D eigenvalue weighted by Crippen LogP contribution is -2.13. The van der Waals surface area contributed by atoms with Crippen molar-refractivity contribution in [2.45, 2.75) is 33.9 Å². The maximum atomic E-state index is 14.0. The third-order valence-corrected chi connectivity index (χ3v) is 5.33. The molecule has 1 N–H and O–H groups in total. The highest BCUT2D eigenvalue weighted by Gasteiger charge is 2.35. The van der Waals surface area contributed by atoms with Gasteiger partial charge in [0.1, 0.15) is 11.3 Å². The molecule has 1 aromatic carbocycles. The van der Waals surface area contributed by atoms with Gasteiger partial charge < -0.3 is 14.1 Å². The molecule has 4 aromatic rings. The van der Waals surface area contributed by atoms with E-state index in [4.69, 9.17) is 9.15 Å². The standard InChI is InChI=1S/C23H17F5N4O3/c1-9-13(23(26,27)28)8-29-21(35-17-6-5-14(24)20(25)10(17)2)18(9)15-7-16(33)19(11(3)30-15)22-32-31-12(4)34-22/h5-8H,1-4H3,(H,30,33). The first-order valence-electron chi connectivity index (χ1n) is 10.1. The number of nitrogens with zero attached hydrogens (tertiary/aromatic N) is 3. The van der Waals surface area contributed by atoms with Gasteiger partial charge in [-0.3, -0.25) is 4.79 Å². The minimum absolute atomic E-state index is 0.0428. The van der Waals surface area contributed by atoms with Gasteiger partial charge in [0, 0.05) is 30.4 Å². The van der Waals surface area contributed by atoms with Crippen molar-refractivity contribution in [1.82, 2.24) is 20.2 Å². The smallest absolute Gasteiger partial charge is 0.418 e. The Bertz CT molecular complexity index is 1510. The molecular formula is C23H17F5N4O3. The molecule has 0 aliphatic carbocycles. The predicted octanol–water partition coefficient (Wildman–Crippen LogP) is 5.81. The van der Waals surface area contributed by atoms with Gasteiger partial charge in [-0.1, -0.05) is 0 Å². The topological polar surface area (TPSA) is 93.9 Å². The zero-order valence-electron chi connectivity index (χ0n) is 18.8. The predicted molar refractivity (Wildman–Crippen MR) is 114 cm³/mol. The highest BCUT2D eigenvalue weighted by Crippen LogP contribution is 2.41. The molecule has 182 valence electrons. The summed E-state index contributed by atoms with van der Waals surface area (Å²) in [5.41, 5.74) is -2.10. The molecule has 0 spiro atoms. The zero-order valence-corrected chi connectivity index (χ0v) is 18.8. The van der Waals surface area contributed by atoms with Gasteiger partial charge in [0.05, 0.1) is 16.8 Å². The lowest BCUT2D eigenvalue weighted by molar-refractivity contribution is -0.138. The first-order chi connectivity index (χ1) is 16.4. The molecule has 7 nitrogen and oxygen atoms in total. The quantitative estimate of drug-likeness (QED) is 0.362. The van der Waals surface area contributed by atoms with Crippen LogP contribution in [-0.4, -0.2) is 20.2 Å². The van der Waals surface area contributed by atoms with E-state index in [-0.39, 0.29) is 57.1 Å². The summed E-state index contributed by atoms with van der Waals surface area (Å²) >= 11 is 0. The highest BCUT2D eigenvalue weighted by molar-refractivity contribution is 5.73. The third-order valence-electron chi connectivity index (χ3n) is 5.33. The van der Waals surface area contributed by atoms with E-state index in [9.17, 15) is 26.7 Å². The summed E-state index contributed by atoms with van der Waals surface area (Å²) < 4.78 is 79.4. The lowest BCUT2D eigenvalue weighted by atomic mass is 10.0. The summed E-state index contributed by atoms with van der Waals surface area (Å²) in [6.45, 7) is 5.48. The van der Waals surface area contributed by atoms with Crippen LogP contribution in [0.4, 0.5) is 22.0 Å². The molecule has 0 fully saturated rings. The molecule has 3 heterocycles. The van der Waals surface area contributed by atoms with Crippen LogP contribution in [0, 0.1) is 39.3 Å². The molecule has 0 atom stereocenters. The molecule has 0 saturated heterocycles. The Balaban J connectivity index is 1.93. The second-order valence-electron chi connectivity index (χ2n) is 7.73. The van der Waals surface area contributed by atoms with Crippen molar-refractivity contribution in [3.8, 4) is 34.3 Å². The van der Waals surface area contributed by atoms with E-state index in [1.807, 2.05) is 0 Å². The van der Waals surface area contributed by atoms with Crippen molar-refractivity contribution in [3.05, 3.63) is 74.5 Å². The number of aryl methyl sites for hydroxylation is 2. The van der Waals surface area contributed by atoms with Crippen LogP contribution in [0.15, 0.2) is 33.6 Å². The van der Waals surface area contributed by atoms with Gasteiger partial charge in [-0.15, -0.1) is 10.2 Å². The van der Waals surface area contributed by atoms with Gasteiger partial charge in [-0.25, -0.2) is 13.8 Å². The normalized spacial score (nSPS) is 11.7. The summed E-state index contributed by atoms with van der Waals surface area (Å²) in [6.07, 6.45) is -4.18. The number of alkyl halides is 3. The van der Waals surface area contributed by atoms with Crippen LogP contribution in [0.2, 0.25) is 0 Å². The second-order valence-corrected chi connectivity index (χ2v) is 7.73. The molecule has 12 heteroatoms. The van der Waals surface area contributed by atoms with Crippen LogP contribution in [0.5, 0.6) is 11.6 Å². The minimum atomic E-state index is -4.75. The summed E-state index contributed by atoms with van der Waals surface area (Å²) in [6, 6.07) is 3.00. The highest BCUT2D eigenvalue weighted by atomic mass is 19.4. The average molecular weight is 492 g/mol. The number of pyridine rings is 2. The molecule has 0 unspecified atom stereocenters. The van der Waals surface area contributed by atoms with Crippen LogP contribution < -0.4 is 10.2 Å². The van der Waals surface area contributed by atoms with Crippen molar-refractivity contribution in [2.75, 3.05) is 0 Å². The third kappa shape index (κ3) is 4.38. The molecule has 0 amide bonds. The number of aromatic amines is 1. The van der Waals surface area contributed by atoms with Crippen LogP contribution in [0.3, 0.4) is 0 Å². The van der Waals surface area contributed by atoms with E-state index in [1.165, 1.54) is 27.7 Å². The Morgan fingerprint density at radius 2 is 1.71 bits per heavy atom. The number of ether oxygens (including phenoxy) is 1. The maximum Gasteiger partial charge on any atom is 0.418 e. The van der Waals surface area contributed by atoms with Gasteiger partial charge in [-0.2, -0.15) is 13.2 Å². The first-order valence-corrected chi connectivity index (χ1v) is 10.1. The minimum Gasteiger partial charge on any atom is -0.438 e. The molecule has 0 aliphatic rings. The van der Waals surface area contributed by atoms with E-state index in [0.717, 1.165) is 18.2 Å². The molecule has 0 saturated carbocycles. The molecule has 35 heavy (non-hydrogen) atoms. The molecule has 0 bridgehead atoms. The van der Waals surface area contributed by atoms with Crippen LogP contribution in [0.1, 0.15) is 28.3 Å². The molecular weight excluding hydrogens is 475 g/mol. The largest absolute Gasteiger partial charge is 0.438 e. The lowest BCUT2D eigenvalue weighted by Gasteiger charge is -2.18. The summed E-state index contributed by atoms with van der Waals surface area (Å²) in [5, 5.41) is 7.49. The number of nitrogens with one attached hydrogen (secondary N) is 1. The Morgan fingerprint density at radius 1 is 1.00 bits per heavy atom.